The molecular formula is C23H35N5O2S. The van der Waals surface area contributed by atoms with Gasteiger partial charge in [0, 0.05) is 52.8 Å². The number of rotatable bonds is 8. The van der Waals surface area contributed by atoms with Gasteiger partial charge < -0.3 is 20.1 Å². The van der Waals surface area contributed by atoms with E-state index in [-0.39, 0.29) is 12.2 Å². The van der Waals surface area contributed by atoms with E-state index in [1.54, 1.807) is 25.5 Å². The summed E-state index contributed by atoms with van der Waals surface area (Å²) in [7, 11) is 5.53. The molecule has 0 amide bonds. The Kier molecular flexibility index (Phi) is 8.83. The van der Waals surface area contributed by atoms with Crippen molar-refractivity contribution in [1.29, 1.82) is 0 Å². The molecule has 1 aliphatic rings. The maximum absolute atomic E-state index is 9.65. The van der Waals surface area contributed by atoms with Crippen LogP contribution in [-0.4, -0.2) is 66.2 Å². The number of ether oxygens (including phenoxy) is 1. The predicted molar refractivity (Wildman–Crippen MR) is 126 cm³/mol. The van der Waals surface area contributed by atoms with E-state index < -0.39 is 0 Å². The summed E-state index contributed by atoms with van der Waals surface area (Å²) in [6.45, 7) is 6.31. The Bertz CT molecular complexity index is 831. The number of hydrogen-bond donors (Lipinski definition) is 2. The van der Waals surface area contributed by atoms with Gasteiger partial charge in [-0.1, -0.05) is 24.3 Å². The summed E-state index contributed by atoms with van der Waals surface area (Å²) in [5, 5.41) is 16.2. The second-order valence-corrected chi connectivity index (χ2v) is 9.03. The van der Waals surface area contributed by atoms with Crippen LogP contribution < -0.4 is 5.32 Å². The third-order valence-corrected chi connectivity index (χ3v) is 6.73. The summed E-state index contributed by atoms with van der Waals surface area (Å²) >= 11 is 1.63. The Hall–Kier alpha value is -2.00. The summed E-state index contributed by atoms with van der Waals surface area (Å²) in [6.07, 6.45) is 1.65. The van der Waals surface area contributed by atoms with Crippen molar-refractivity contribution >= 4 is 17.3 Å². The van der Waals surface area contributed by atoms with Gasteiger partial charge in [0.1, 0.15) is 11.1 Å². The van der Waals surface area contributed by atoms with Gasteiger partial charge in [-0.3, -0.25) is 9.89 Å². The number of guanidine groups is 1. The second-order valence-electron chi connectivity index (χ2n) is 8.14. The molecule has 1 aromatic heterocycles. The van der Waals surface area contributed by atoms with Gasteiger partial charge in [0.25, 0.3) is 0 Å². The molecule has 1 aromatic carbocycles. The molecule has 2 heterocycles. The highest BCUT2D eigenvalue weighted by atomic mass is 32.1. The SMILES string of the molecule is CN=C(NCc1ccc(CN2CCC(O)CC2)cc1)N(C)Cc1csc(C(C)OC)n1. The lowest BCUT2D eigenvalue weighted by molar-refractivity contribution is 0.0792. The van der Waals surface area contributed by atoms with Crippen LogP contribution in [0.4, 0.5) is 0 Å². The fraction of sp³-hybridized carbons (Fsp3) is 0.565. The van der Waals surface area contributed by atoms with Crippen LogP contribution in [0.1, 0.15) is 47.7 Å². The van der Waals surface area contributed by atoms with Crippen molar-refractivity contribution in [2.45, 2.75) is 51.6 Å². The smallest absolute Gasteiger partial charge is 0.194 e. The van der Waals surface area contributed by atoms with E-state index in [0.29, 0.717) is 6.54 Å². The van der Waals surface area contributed by atoms with Crippen molar-refractivity contribution < 1.29 is 9.84 Å². The van der Waals surface area contributed by atoms with E-state index in [2.05, 4.69) is 54.7 Å². The van der Waals surface area contributed by atoms with Crippen molar-refractivity contribution in [1.82, 2.24) is 20.1 Å². The van der Waals surface area contributed by atoms with Gasteiger partial charge in [-0.2, -0.15) is 0 Å². The number of likely N-dealkylation sites (tertiary alicyclic amines) is 1. The van der Waals surface area contributed by atoms with Crippen molar-refractivity contribution in [3.63, 3.8) is 0 Å². The maximum atomic E-state index is 9.65. The Morgan fingerprint density at radius 2 is 2.00 bits per heavy atom. The zero-order valence-corrected chi connectivity index (χ0v) is 19.9. The van der Waals surface area contributed by atoms with E-state index in [1.807, 2.05) is 14.0 Å². The van der Waals surface area contributed by atoms with Gasteiger partial charge in [0.15, 0.2) is 5.96 Å². The molecule has 0 aliphatic carbocycles. The van der Waals surface area contributed by atoms with Crippen LogP contribution in [0.15, 0.2) is 34.6 Å². The topological polar surface area (TPSA) is 73.2 Å². The predicted octanol–water partition coefficient (Wildman–Crippen LogP) is 3.01. The summed E-state index contributed by atoms with van der Waals surface area (Å²) in [4.78, 5) is 13.6. The number of aliphatic hydroxyl groups excluding tert-OH is 1. The molecule has 1 unspecified atom stereocenters. The van der Waals surface area contributed by atoms with Gasteiger partial charge in [-0.25, -0.2) is 4.98 Å². The van der Waals surface area contributed by atoms with E-state index >= 15 is 0 Å². The lowest BCUT2D eigenvalue weighted by Gasteiger charge is -2.29. The van der Waals surface area contributed by atoms with E-state index in [0.717, 1.165) is 55.7 Å². The van der Waals surface area contributed by atoms with Crippen LogP contribution in [0.3, 0.4) is 0 Å². The molecule has 3 rings (SSSR count). The molecule has 0 radical (unpaired) electrons. The Morgan fingerprint density at radius 3 is 2.65 bits per heavy atom. The maximum Gasteiger partial charge on any atom is 0.194 e. The van der Waals surface area contributed by atoms with Crippen LogP contribution in [0.2, 0.25) is 0 Å². The minimum Gasteiger partial charge on any atom is -0.393 e. The number of aliphatic hydroxyl groups is 1. The third-order valence-electron chi connectivity index (χ3n) is 5.68. The van der Waals surface area contributed by atoms with E-state index in [4.69, 9.17) is 4.74 Å². The first-order chi connectivity index (χ1) is 15.0. The highest BCUT2D eigenvalue weighted by Crippen LogP contribution is 2.21. The number of piperidine rings is 1. The molecule has 8 heteroatoms. The van der Waals surface area contributed by atoms with Crippen molar-refractivity contribution in [2.24, 2.45) is 4.99 Å². The van der Waals surface area contributed by atoms with Gasteiger partial charge in [-0.05, 0) is 30.9 Å². The molecule has 0 spiro atoms. The minimum atomic E-state index is -0.122. The molecule has 0 saturated carbocycles. The van der Waals surface area contributed by atoms with Gasteiger partial charge in [0.05, 0.1) is 18.3 Å². The van der Waals surface area contributed by atoms with E-state index in [1.165, 1.54) is 11.1 Å². The lowest BCUT2D eigenvalue weighted by Crippen LogP contribution is -2.38. The summed E-state index contributed by atoms with van der Waals surface area (Å²) < 4.78 is 5.35. The number of aromatic nitrogens is 1. The Labute approximate surface area is 189 Å². The minimum absolute atomic E-state index is 0.0194. The highest BCUT2D eigenvalue weighted by molar-refractivity contribution is 7.09. The largest absolute Gasteiger partial charge is 0.393 e. The number of thiazole rings is 1. The van der Waals surface area contributed by atoms with Gasteiger partial charge in [0.2, 0.25) is 0 Å². The fourth-order valence-electron chi connectivity index (χ4n) is 3.66. The summed E-state index contributed by atoms with van der Waals surface area (Å²) in [5.41, 5.74) is 3.55. The van der Waals surface area contributed by atoms with Gasteiger partial charge >= 0.3 is 0 Å². The van der Waals surface area contributed by atoms with Crippen LogP contribution in [0.5, 0.6) is 0 Å². The number of hydrogen-bond acceptors (Lipinski definition) is 6. The first-order valence-electron chi connectivity index (χ1n) is 10.9. The molecule has 7 nitrogen and oxygen atoms in total. The molecule has 2 N–H and O–H groups in total. The molecule has 1 aliphatic heterocycles. The average Bonchev–Trinajstić information content (AvgIpc) is 3.24. The normalized spacial score (nSPS) is 17.0. The van der Waals surface area contributed by atoms with Crippen LogP contribution in [0, 0.1) is 0 Å². The number of nitrogens with zero attached hydrogens (tertiary/aromatic N) is 4. The number of methoxy groups -OCH3 is 1. The Morgan fingerprint density at radius 1 is 1.32 bits per heavy atom. The standard InChI is InChI=1S/C23H35N5O2S/c1-17(30-4)22-26-20(16-31-22)15-27(3)23(24-2)25-13-18-5-7-19(8-6-18)14-28-11-9-21(29)10-12-28/h5-8,16-17,21,29H,9-15H2,1-4H3,(H,24,25). The lowest BCUT2D eigenvalue weighted by atomic mass is 10.1. The Balaban J connectivity index is 1.47. The van der Waals surface area contributed by atoms with Crippen molar-refractivity contribution in [3.05, 3.63) is 51.5 Å². The van der Waals surface area contributed by atoms with Crippen LogP contribution in [-0.2, 0) is 24.4 Å². The molecular weight excluding hydrogens is 410 g/mol. The quantitative estimate of drug-likeness (QED) is 0.481. The zero-order valence-electron chi connectivity index (χ0n) is 19.0. The number of benzene rings is 1. The van der Waals surface area contributed by atoms with Crippen LogP contribution in [0.25, 0.3) is 0 Å². The van der Waals surface area contributed by atoms with Crippen molar-refractivity contribution in [3.8, 4) is 0 Å². The van der Waals surface area contributed by atoms with Gasteiger partial charge in [-0.15, -0.1) is 11.3 Å². The molecule has 170 valence electrons. The molecule has 0 bridgehead atoms. The number of nitrogens with one attached hydrogen (secondary N) is 1. The summed E-state index contributed by atoms with van der Waals surface area (Å²) in [6, 6.07) is 8.74. The molecule has 1 atom stereocenters. The second kappa shape index (κ2) is 11.6. The van der Waals surface area contributed by atoms with E-state index in [9.17, 15) is 5.11 Å². The molecule has 1 saturated heterocycles. The summed E-state index contributed by atoms with van der Waals surface area (Å²) in [5.74, 6) is 0.838. The molecule has 2 aromatic rings. The first kappa shape index (κ1) is 23.7. The number of aliphatic imine (C=N–C) groups is 1. The highest BCUT2D eigenvalue weighted by Gasteiger charge is 2.17. The van der Waals surface area contributed by atoms with Crippen LogP contribution >= 0.6 is 11.3 Å². The fourth-order valence-corrected chi connectivity index (χ4v) is 4.51. The monoisotopic (exact) mass is 445 g/mol. The molecule has 1 fully saturated rings. The van der Waals surface area contributed by atoms with Crippen molar-refractivity contribution in [2.75, 3.05) is 34.3 Å². The first-order valence-corrected chi connectivity index (χ1v) is 11.7. The zero-order chi connectivity index (χ0) is 22.2. The third kappa shape index (κ3) is 7.00. The average molecular weight is 446 g/mol. The molecule has 31 heavy (non-hydrogen) atoms.